The zero-order chi connectivity index (χ0) is 17.4. The Kier molecular flexibility index (Phi) is 4.43. The van der Waals surface area contributed by atoms with E-state index < -0.39 is 5.97 Å². The Bertz CT molecular complexity index is 926. The molecule has 0 N–H and O–H groups in total. The van der Waals surface area contributed by atoms with Gasteiger partial charge in [0.25, 0.3) is 0 Å². The maximum absolute atomic E-state index is 12.2. The van der Waals surface area contributed by atoms with Gasteiger partial charge in [-0.15, -0.1) is 0 Å². The van der Waals surface area contributed by atoms with Gasteiger partial charge in [0.2, 0.25) is 0 Å². The monoisotopic (exact) mass is 362 g/mol. The molecule has 7 heteroatoms. The first-order valence-corrected chi connectivity index (χ1v) is 8.55. The normalized spacial score (nSPS) is 11.2. The van der Waals surface area contributed by atoms with Crippen molar-refractivity contribution in [1.82, 2.24) is 9.38 Å². The lowest BCUT2D eigenvalue weighted by Crippen LogP contribution is -2.11. The molecule has 2 heterocycles. The maximum Gasteiger partial charge on any atom is 0.350 e. The molecule has 3 rings (SSSR count). The molecule has 0 saturated heterocycles. The summed E-state index contributed by atoms with van der Waals surface area (Å²) in [5.41, 5.74) is 2.42. The average Bonchev–Trinajstić information content (AvgIpc) is 3.04. The Balaban J connectivity index is 2.14. The number of imidazole rings is 1. The number of hydrogen-bond donors (Lipinski definition) is 0. The number of benzene rings is 1. The number of carbonyl (C=O) groups is 2. The van der Waals surface area contributed by atoms with Gasteiger partial charge in [-0.2, -0.15) is 0 Å². The zero-order valence-corrected chi connectivity index (χ0v) is 14.9. The van der Waals surface area contributed by atoms with Crippen LogP contribution in [0.15, 0.2) is 24.3 Å². The van der Waals surface area contributed by atoms with Gasteiger partial charge in [0, 0.05) is 16.3 Å². The van der Waals surface area contributed by atoms with Gasteiger partial charge in [0.15, 0.2) is 11.2 Å². The Hall–Kier alpha value is -2.18. The largest absolute Gasteiger partial charge is 0.459 e. The van der Waals surface area contributed by atoms with Gasteiger partial charge in [-0.25, -0.2) is 9.78 Å². The summed E-state index contributed by atoms with van der Waals surface area (Å²) in [5, 5.41) is 0.613. The van der Waals surface area contributed by atoms with Crippen LogP contribution in [-0.2, 0) is 4.74 Å². The first-order valence-electron chi connectivity index (χ1n) is 7.36. The second kappa shape index (κ2) is 6.37. The first-order chi connectivity index (χ1) is 11.4. The lowest BCUT2D eigenvalue weighted by Gasteiger charge is -2.07. The number of ether oxygens (including phenoxy) is 1. The van der Waals surface area contributed by atoms with E-state index in [1.165, 1.54) is 11.3 Å². The van der Waals surface area contributed by atoms with Crippen molar-refractivity contribution >= 4 is 40.2 Å². The Morgan fingerprint density at radius 3 is 2.58 bits per heavy atom. The van der Waals surface area contributed by atoms with Crippen LogP contribution in [0.1, 0.15) is 39.7 Å². The number of hydrogen-bond acceptors (Lipinski definition) is 5. The van der Waals surface area contributed by atoms with Gasteiger partial charge < -0.3 is 4.74 Å². The summed E-state index contributed by atoms with van der Waals surface area (Å²) in [4.78, 5) is 29.4. The van der Waals surface area contributed by atoms with E-state index >= 15 is 0 Å². The lowest BCUT2D eigenvalue weighted by atomic mass is 10.1. The number of fused-ring (bicyclic) bond motifs is 1. The van der Waals surface area contributed by atoms with Crippen molar-refractivity contribution in [2.24, 2.45) is 0 Å². The van der Waals surface area contributed by atoms with Crippen molar-refractivity contribution in [2.75, 3.05) is 0 Å². The number of carbonyl (C=O) groups excluding carboxylic acids is 2. The molecule has 0 aliphatic carbocycles. The predicted octanol–water partition coefficient (Wildman–Crippen LogP) is 4.40. The number of aromatic nitrogens is 2. The van der Waals surface area contributed by atoms with E-state index in [9.17, 15) is 9.59 Å². The average molecular weight is 363 g/mol. The van der Waals surface area contributed by atoms with Crippen LogP contribution in [0.3, 0.4) is 0 Å². The fraction of sp³-hybridized carbons (Fsp3) is 0.235. The Morgan fingerprint density at radius 1 is 1.33 bits per heavy atom. The molecule has 3 aromatic rings. The molecule has 1 aromatic carbocycles. The molecule has 0 bridgehead atoms. The van der Waals surface area contributed by atoms with Gasteiger partial charge >= 0.3 is 5.97 Å². The predicted molar refractivity (Wildman–Crippen MR) is 94.2 cm³/mol. The first kappa shape index (κ1) is 16.7. The van der Waals surface area contributed by atoms with Gasteiger partial charge in [0.05, 0.1) is 6.10 Å². The highest BCUT2D eigenvalue weighted by Gasteiger charge is 2.23. The highest BCUT2D eigenvalue weighted by atomic mass is 35.5. The topological polar surface area (TPSA) is 60.7 Å². The van der Waals surface area contributed by atoms with Crippen LogP contribution < -0.4 is 0 Å². The number of esters is 1. The van der Waals surface area contributed by atoms with Crippen LogP contribution in [0.5, 0.6) is 0 Å². The van der Waals surface area contributed by atoms with E-state index in [1.807, 2.05) is 12.1 Å². The zero-order valence-electron chi connectivity index (χ0n) is 13.4. The van der Waals surface area contributed by atoms with E-state index in [-0.39, 0.29) is 6.10 Å². The lowest BCUT2D eigenvalue weighted by molar-refractivity contribution is 0.0382. The number of aldehydes is 1. The van der Waals surface area contributed by atoms with Crippen molar-refractivity contribution in [1.29, 1.82) is 0 Å². The molecule has 0 aliphatic heterocycles. The summed E-state index contributed by atoms with van der Waals surface area (Å²) in [6.07, 6.45) is 0.544. The fourth-order valence-electron chi connectivity index (χ4n) is 2.46. The third-order valence-electron chi connectivity index (χ3n) is 3.50. The molecule has 2 aromatic heterocycles. The van der Waals surface area contributed by atoms with Crippen molar-refractivity contribution in [3.05, 3.63) is 45.6 Å². The quantitative estimate of drug-likeness (QED) is 0.509. The molecule has 0 radical (unpaired) electrons. The molecule has 124 valence electrons. The molecule has 0 spiro atoms. The van der Waals surface area contributed by atoms with Gasteiger partial charge in [0.1, 0.15) is 16.3 Å². The minimum absolute atomic E-state index is 0.207. The van der Waals surface area contributed by atoms with E-state index in [0.717, 1.165) is 11.8 Å². The van der Waals surface area contributed by atoms with Crippen molar-refractivity contribution in [3.63, 3.8) is 0 Å². The molecule has 0 fully saturated rings. The summed E-state index contributed by atoms with van der Waals surface area (Å²) in [6, 6.07) is 7.12. The minimum atomic E-state index is -0.400. The summed E-state index contributed by atoms with van der Waals surface area (Å²) >= 11 is 7.12. The van der Waals surface area contributed by atoms with Gasteiger partial charge in [-0.05, 0) is 32.9 Å². The molecule has 0 aliphatic rings. The number of thiazole rings is 1. The third kappa shape index (κ3) is 2.83. The second-order valence-electron chi connectivity index (χ2n) is 5.56. The van der Waals surface area contributed by atoms with Crippen molar-refractivity contribution in [2.45, 2.75) is 26.9 Å². The van der Waals surface area contributed by atoms with Crippen LogP contribution in [0.2, 0.25) is 5.02 Å². The summed E-state index contributed by atoms with van der Waals surface area (Å²) in [5.74, 6) is -0.400. The Labute approximate surface area is 147 Å². The number of halogens is 1. The van der Waals surface area contributed by atoms with Crippen LogP contribution in [0.25, 0.3) is 16.2 Å². The highest BCUT2D eigenvalue weighted by Crippen LogP contribution is 2.31. The van der Waals surface area contributed by atoms with E-state index in [2.05, 4.69) is 4.98 Å². The fourth-order valence-corrected chi connectivity index (χ4v) is 3.60. The number of nitrogens with zero attached hydrogens (tertiary/aromatic N) is 2. The standard InChI is InChI=1S/C17H15ClN2O3S/c1-9(2)23-16(22)15-10(3)20-13(8-21)14(19-17(20)24-15)11-4-6-12(18)7-5-11/h4-9H,1-3H3. The van der Waals surface area contributed by atoms with Gasteiger partial charge in [-0.1, -0.05) is 35.1 Å². The molecule has 5 nitrogen and oxygen atoms in total. The summed E-state index contributed by atoms with van der Waals surface area (Å²) in [7, 11) is 0. The molecular weight excluding hydrogens is 348 g/mol. The summed E-state index contributed by atoms with van der Waals surface area (Å²) < 4.78 is 6.94. The highest BCUT2D eigenvalue weighted by molar-refractivity contribution is 7.19. The molecule has 0 unspecified atom stereocenters. The molecule has 24 heavy (non-hydrogen) atoms. The number of rotatable bonds is 4. The minimum Gasteiger partial charge on any atom is -0.459 e. The van der Waals surface area contributed by atoms with Gasteiger partial charge in [-0.3, -0.25) is 9.20 Å². The maximum atomic E-state index is 12.2. The number of aryl methyl sites for hydroxylation is 1. The van der Waals surface area contributed by atoms with Crippen LogP contribution >= 0.6 is 22.9 Å². The Morgan fingerprint density at radius 2 is 2.00 bits per heavy atom. The second-order valence-corrected chi connectivity index (χ2v) is 6.97. The van der Waals surface area contributed by atoms with Crippen LogP contribution in [-0.4, -0.2) is 27.7 Å². The van der Waals surface area contributed by atoms with E-state index in [1.54, 1.807) is 37.3 Å². The molecule has 0 amide bonds. The third-order valence-corrected chi connectivity index (χ3v) is 4.87. The van der Waals surface area contributed by atoms with E-state index in [0.29, 0.717) is 31.9 Å². The van der Waals surface area contributed by atoms with Crippen LogP contribution in [0.4, 0.5) is 0 Å². The van der Waals surface area contributed by atoms with Crippen molar-refractivity contribution < 1.29 is 14.3 Å². The molecule has 0 atom stereocenters. The molecule has 0 saturated carbocycles. The summed E-state index contributed by atoms with van der Waals surface area (Å²) in [6.45, 7) is 5.36. The SMILES string of the molecule is Cc1c(C(=O)OC(C)C)sc2nc(-c3ccc(Cl)cc3)c(C=O)n12. The van der Waals surface area contributed by atoms with Crippen LogP contribution in [0, 0.1) is 6.92 Å². The van der Waals surface area contributed by atoms with Crippen molar-refractivity contribution in [3.8, 4) is 11.3 Å². The molecular formula is C17H15ClN2O3S. The smallest absolute Gasteiger partial charge is 0.350 e. The van der Waals surface area contributed by atoms with E-state index in [4.69, 9.17) is 16.3 Å².